The Labute approximate surface area is 122 Å². The van der Waals surface area contributed by atoms with Crippen molar-refractivity contribution in [3.63, 3.8) is 0 Å². The fourth-order valence-corrected chi connectivity index (χ4v) is 4.01. The molecule has 1 saturated heterocycles. The van der Waals surface area contributed by atoms with E-state index in [0.29, 0.717) is 12.3 Å². The number of hydrogen-bond acceptors (Lipinski definition) is 3. The molecule has 0 bridgehead atoms. The van der Waals surface area contributed by atoms with Crippen molar-refractivity contribution in [2.75, 3.05) is 17.1 Å². The lowest BCUT2D eigenvalue weighted by Gasteiger charge is -2.22. The lowest BCUT2D eigenvalue weighted by atomic mass is 10.1. The first-order valence-electron chi connectivity index (χ1n) is 6.34. The van der Waals surface area contributed by atoms with Gasteiger partial charge in [0.1, 0.15) is 0 Å². The van der Waals surface area contributed by atoms with Gasteiger partial charge in [0.2, 0.25) is 10.0 Å². The molecule has 1 N–H and O–H groups in total. The maximum atomic E-state index is 12.1. The van der Waals surface area contributed by atoms with Crippen molar-refractivity contribution >= 4 is 31.6 Å². The molecule has 0 amide bonds. The van der Waals surface area contributed by atoms with Gasteiger partial charge in [0.25, 0.3) is 0 Å². The Kier molecular flexibility index (Phi) is 4.86. The van der Waals surface area contributed by atoms with Crippen LogP contribution < -0.4 is 4.72 Å². The summed E-state index contributed by atoms with van der Waals surface area (Å²) in [5.74, 6) is 0.0303. The monoisotopic (exact) mass is 347 g/mol. The molecule has 0 radical (unpaired) electrons. The molecule has 0 spiro atoms. The van der Waals surface area contributed by atoms with Gasteiger partial charge < -0.3 is 4.74 Å². The molecule has 6 heteroatoms. The van der Waals surface area contributed by atoms with Gasteiger partial charge in [-0.3, -0.25) is 4.72 Å². The molecule has 1 atom stereocenters. The summed E-state index contributed by atoms with van der Waals surface area (Å²) in [5.41, 5.74) is 1.52. The molecule has 0 saturated carbocycles. The predicted octanol–water partition coefficient (Wildman–Crippen LogP) is 3.07. The fourth-order valence-electron chi connectivity index (χ4n) is 2.13. The number of hydrogen-bond donors (Lipinski definition) is 1. The maximum absolute atomic E-state index is 12.1. The zero-order chi connectivity index (χ0) is 13.9. The van der Waals surface area contributed by atoms with Gasteiger partial charge in [-0.05, 0) is 49.9 Å². The summed E-state index contributed by atoms with van der Waals surface area (Å²) in [6.07, 6.45) is 2.70. The third-order valence-corrected chi connectivity index (χ3v) is 4.97. The minimum atomic E-state index is -3.36. The van der Waals surface area contributed by atoms with Gasteiger partial charge in [-0.25, -0.2) is 8.42 Å². The molecule has 1 aromatic rings. The van der Waals surface area contributed by atoms with E-state index in [-0.39, 0.29) is 11.9 Å². The first-order valence-corrected chi connectivity index (χ1v) is 8.79. The normalized spacial score (nSPS) is 20.2. The number of benzene rings is 1. The number of rotatable bonds is 4. The largest absolute Gasteiger partial charge is 0.377 e. The second kappa shape index (κ2) is 6.24. The first-order chi connectivity index (χ1) is 8.96. The van der Waals surface area contributed by atoms with Gasteiger partial charge in [-0.1, -0.05) is 15.9 Å². The number of anilines is 1. The molecule has 0 unspecified atom stereocenters. The van der Waals surface area contributed by atoms with Crippen LogP contribution in [0, 0.1) is 6.92 Å². The third-order valence-electron chi connectivity index (χ3n) is 3.13. The van der Waals surface area contributed by atoms with Crippen LogP contribution in [0.5, 0.6) is 0 Å². The Hall–Kier alpha value is -0.590. The number of nitrogens with one attached hydrogen (secondary N) is 1. The smallest absolute Gasteiger partial charge is 0.235 e. The summed E-state index contributed by atoms with van der Waals surface area (Å²) in [5, 5.41) is 0. The Morgan fingerprint density at radius 3 is 2.84 bits per heavy atom. The Bertz CT molecular complexity index is 539. The van der Waals surface area contributed by atoms with Crippen LogP contribution in [0.1, 0.15) is 24.8 Å². The van der Waals surface area contributed by atoms with Crippen molar-refractivity contribution < 1.29 is 13.2 Å². The van der Waals surface area contributed by atoms with Gasteiger partial charge >= 0.3 is 0 Å². The second-order valence-corrected chi connectivity index (χ2v) is 7.51. The van der Waals surface area contributed by atoms with E-state index in [1.165, 1.54) is 0 Å². The zero-order valence-electron chi connectivity index (χ0n) is 10.9. The van der Waals surface area contributed by atoms with E-state index in [9.17, 15) is 8.42 Å². The van der Waals surface area contributed by atoms with E-state index < -0.39 is 10.0 Å². The minimum Gasteiger partial charge on any atom is -0.377 e. The molecule has 0 aliphatic carbocycles. The molecule has 1 heterocycles. The van der Waals surface area contributed by atoms with E-state index in [1.807, 2.05) is 19.1 Å². The molecule has 1 aliphatic heterocycles. The van der Waals surface area contributed by atoms with Crippen LogP contribution in [-0.2, 0) is 14.8 Å². The van der Waals surface area contributed by atoms with Crippen molar-refractivity contribution in [3.05, 3.63) is 28.2 Å². The third kappa shape index (κ3) is 4.47. The van der Waals surface area contributed by atoms with Crippen LogP contribution in [0.25, 0.3) is 0 Å². The molecule has 0 aromatic heterocycles. The highest BCUT2D eigenvalue weighted by Gasteiger charge is 2.22. The summed E-state index contributed by atoms with van der Waals surface area (Å²) < 4.78 is 33.2. The fraction of sp³-hybridized carbons (Fsp3) is 0.538. The Balaban J connectivity index is 2.03. The Morgan fingerprint density at radius 1 is 1.42 bits per heavy atom. The summed E-state index contributed by atoms with van der Waals surface area (Å²) >= 11 is 3.36. The van der Waals surface area contributed by atoms with Gasteiger partial charge in [0, 0.05) is 11.1 Å². The van der Waals surface area contributed by atoms with E-state index in [2.05, 4.69) is 20.7 Å². The van der Waals surface area contributed by atoms with Crippen molar-refractivity contribution in [2.24, 2.45) is 0 Å². The zero-order valence-corrected chi connectivity index (χ0v) is 13.3. The van der Waals surface area contributed by atoms with Crippen molar-refractivity contribution in [1.29, 1.82) is 0 Å². The SMILES string of the molecule is Cc1cc(Br)ccc1NS(=O)(=O)C[C@@H]1CCCCO1. The van der Waals surface area contributed by atoms with Crippen molar-refractivity contribution in [2.45, 2.75) is 32.3 Å². The number of sulfonamides is 1. The van der Waals surface area contributed by atoms with Crippen LogP contribution in [0.3, 0.4) is 0 Å². The van der Waals surface area contributed by atoms with Crippen LogP contribution in [0.15, 0.2) is 22.7 Å². The van der Waals surface area contributed by atoms with E-state index >= 15 is 0 Å². The van der Waals surface area contributed by atoms with E-state index in [4.69, 9.17) is 4.74 Å². The molecule has 106 valence electrons. The van der Waals surface area contributed by atoms with Crippen LogP contribution in [0.4, 0.5) is 5.69 Å². The molecule has 1 fully saturated rings. The summed E-state index contributed by atoms with van der Waals surface area (Å²) in [6, 6.07) is 5.47. The molecule has 2 rings (SSSR count). The molecule has 1 aliphatic rings. The van der Waals surface area contributed by atoms with Crippen LogP contribution >= 0.6 is 15.9 Å². The molecule has 19 heavy (non-hydrogen) atoms. The molecular formula is C13H18BrNO3S. The van der Waals surface area contributed by atoms with Crippen molar-refractivity contribution in [1.82, 2.24) is 0 Å². The second-order valence-electron chi connectivity index (χ2n) is 4.83. The average molecular weight is 348 g/mol. The lowest BCUT2D eigenvalue weighted by molar-refractivity contribution is 0.0306. The van der Waals surface area contributed by atoms with Gasteiger partial charge in [0.05, 0.1) is 17.5 Å². The Morgan fingerprint density at radius 2 is 2.21 bits per heavy atom. The maximum Gasteiger partial charge on any atom is 0.235 e. The quantitative estimate of drug-likeness (QED) is 0.910. The predicted molar refractivity (Wildman–Crippen MR) is 79.9 cm³/mol. The summed E-state index contributed by atoms with van der Waals surface area (Å²) in [6.45, 7) is 2.54. The number of halogens is 1. The molecule has 1 aromatic carbocycles. The van der Waals surface area contributed by atoms with Crippen molar-refractivity contribution in [3.8, 4) is 0 Å². The number of aryl methyl sites for hydroxylation is 1. The topological polar surface area (TPSA) is 55.4 Å². The van der Waals surface area contributed by atoms with Gasteiger partial charge in [-0.15, -0.1) is 0 Å². The van der Waals surface area contributed by atoms with E-state index in [0.717, 1.165) is 29.3 Å². The number of ether oxygens (including phenoxy) is 1. The highest BCUT2D eigenvalue weighted by molar-refractivity contribution is 9.10. The molecule has 4 nitrogen and oxygen atoms in total. The van der Waals surface area contributed by atoms with Gasteiger partial charge in [0.15, 0.2) is 0 Å². The summed E-state index contributed by atoms with van der Waals surface area (Å²) in [7, 11) is -3.36. The van der Waals surface area contributed by atoms with Crippen LogP contribution in [-0.4, -0.2) is 26.9 Å². The minimum absolute atomic E-state index is 0.0303. The highest BCUT2D eigenvalue weighted by atomic mass is 79.9. The lowest BCUT2D eigenvalue weighted by Crippen LogP contribution is -2.31. The van der Waals surface area contributed by atoms with Gasteiger partial charge in [-0.2, -0.15) is 0 Å². The molecular weight excluding hydrogens is 330 g/mol. The highest BCUT2D eigenvalue weighted by Crippen LogP contribution is 2.22. The summed E-state index contributed by atoms with van der Waals surface area (Å²) in [4.78, 5) is 0. The standard InChI is InChI=1S/C13H18BrNO3S/c1-10-8-11(14)5-6-13(10)15-19(16,17)9-12-4-2-3-7-18-12/h5-6,8,12,15H,2-4,7,9H2,1H3/t12-/m0/s1. The first kappa shape index (κ1) is 14.8. The average Bonchev–Trinajstić information content (AvgIpc) is 2.33. The van der Waals surface area contributed by atoms with E-state index in [1.54, 1.807) is 6.07 Å². The van der Waals surface area contributed by atoms with Crippen LogP contribution in [0.2, 0.25) is 0 Å².